The Morgan fingerprint density at radius 3 is 2.72 bits per heavy atom. The zero-order valence-corrected chi connectivity index (χ0v) is 11.8. The Kier molecular flexibility index (Phi) is 5.16. The molecular formula is C12H20ClN3O2. The predicted octanol–water partition coefficient (Wildman–Crippen LogP) is 2.08. The number of aryl methyl sites for hydroxylation is 1. The van der Waals surface area contributed by atoms with E-state index in [0.717, 1.165) is 25.1 Å². The summed E-state index contributed by atoms with van der Waals surface area (Å²) < 4.78 is 1.85. The summed E-state index contributed by atoms with van der Waals surface area (Å²) >= 11 is 5.91. The zero-order chi connectivity index (χ0) is 13.8. The van der Waals surface area contributed by atoms with Crippen molar-refractivity contribution in [1.82, 2.24) is 15.1 Å². The molecule has 102 valence electrons. The molecule has 18 heavy (non-hydrogen) atoms. The van der Waals surface area contributed by atoms with Gasteiger partial charge in [0.25, 0.3) is 0 Å². The quantitative estimate of drug-likeness (QED) is 0.747. The third-order valence-electron chi connectivity index (χ3n) is 3.36. The molecule has 0 fully saturated rings. The standard InChI is InChI=1S/C12H20ClN3O2/c1-9-10(13)8-15-16(9)7-5-4-6-12(2,14-3)11(17)18/h8,14H,4-7H2,1-3H3,(H,17,18). The summed E-state index contributed by atoms with van der Waals surface area (Å²) in [5.41, 5.74) is 0.0999. The van der Waals surface area contributed by atoms with E-state index in [4.69, 9.17) is 16.7 Å². The molecule has 1 unspecified atom stereocenters. The van der Waals surface area contributed by atoms with E-state index >= 15 is 0 Å². The Balaban J connectivity index is 2.39. The van der Waals surface area contributed by atoms with Crippen molar-refractivity contribution in [2.45, 2.75) is 45.2 Å². The first-order valence-electron chi connectivity index (χ1n) is 6.01. The zero-order valence-electron chi connectivity index (χ0n) is 11.0. The summed E-state index contributed by atoms with van der Waals surface area (Å²) in [5.74, 6) is -0.816. The van der Waals surface area contributed by atoms with Crippen molar-refractivity contribution >= 4 is 17.6 Å². The van der Waals surface area contributed by atoms with Crippen LogP contribution >= 0.6 is 11.6 Å². The molecular weight excluding hydrogens is 254 g/mol. The Morgan fingerprint density at radius 1 is 1.61 bits per heavy atom. The lowest BCUT2D eigenvalue weighted by Crippen LogP contribution is -2.47. The van der Waals surface area contributed by atoms with Crippen LogP contribution in [0.15, 0.2) is 6.20 Å². The van der Waals surface area contributed by atoms with Crippen molar-refractivity contribution in [3.8, 4) is 0 Å². The minimum Gasteiger partial charge on any atom is -0.480 e. The molecule has 2 N–H and O–H groups in total. The number of hydrogen-bond donors (Lipinski definition) is 2. The van der Waals surface area contributed by atoms with Gasteiger partial charge in [0, 0.05) is 6.54 Å². The molecule has 0 spiro atoms. The smallest absolute Gasteiger partial charge is 0.323 e. The van der Waals surface area contributed by atoms with E-state index in [9.17, 15) is 4.79 Å². The molecule has 6 heteroatoms. The lowest BCUT2D eigenvalue weighted by Gasteiger charge is -2.23. The van der Waals surface area contributed by atoms with Crippen molar-refractivity contribution in [1.29, 1.82) is 0 Å². The number of halogens is 1. The van der Waals surface area contributed by atoms with Gasteiger partial charge in [-0.2, -0.15) is 5.10 Å². The van der Waals surface area contributed by atoms with Crippen LogP contribution in [-0.2, 0) is 11.3 Å². The molecule has 0 amide bonds. The van der Waals surface area contributed by atoms with Gasteiger partial charge in [-0.15, -0.1) is 0 Å². The first-order valence-corrected chi connectivity index (χ1v) is 6.38. The van der Waals surface area contributed by atoms with Gasteiger partial charge in [-0.3, -0.25) is 9.48 Å². The molecule has 1 aromatic heterocycles. The van der Waals surface area contributed by atoms with Gasteiger partial charge in [0.15, 0.2) is 0 Å². The molecule has 0 aliphatic heterocycles. The molecule has 1 aromatic rings. The lowest BCUT2D eigenvalue weighted by molar-refractivity contribution is -0.144. The maximum atomic E-state index is 11.1. The van der Waals surface area contributed by atoms with Crippen molar-refractivity contribution < 1.29 is 9.90 Å². The number of carboxylic acid groups (broad SMARTS) is 1. The van der Waals surface area contributed by atoms with Crippen LogP contribution in [-0.4, -0.2) is 33.4 Å². The number of aromatic nitrogens is 2. The number of carboxylic acids is 1. The van der Waals surface area contributed by atoms with Crippen LogP contribution in [0.2, 0.25) is 5.02 Å². The Morgan fingerprint density at radius 2 is 2.28 bits per heavy atom. The number of aliphatic carboxylic acids is 1. The van der Waals surface area contributed by atoms with Crippen LogP contribution in [0.25, 0.3) is 0 Å². The van der Waals surface area contributed by atoms with Crippen molar-refractivity contribution in [2.75, 3.05) is 7.05 Å². The highest BCUT2D eigenvalue weighted by molar-refractivity contribution is 6.31. The first kappa shape index (κ1) is 15.0. The van der Waals surface area contributed by atoms with Gasteiger partial charge in [0.1, 0.15) is 5.54 Å². The molecule has 0 saturated heterocycles. The van der Waals surface area contributed by atoms with Crippen LogP contribution in [0, 0.1) is 6.92 Å². The molecule has 5 nitrogen and oxygen atoms in total. The first-order chi connectivity index (χ1) is 8.40. The van der Waals surface area contributed by atoms with E-state index in [0.29, 0.717) is 11.4 Å². The fraction of sp³-hybridized carbons (Fsp3) is 0.667. The monoisotopic (exact) mass is 273 g/mol. The third kappa shape index (κ3) is 3.46. The number of likely N-dealkylation sites (N-methyl/N-ethyl adjacent to an activating group) is 1. The summed E-state index contributed by atoms with van der Waals surface area (Å²) in [6.45, 7) is 4.38. The van der Waals surface area contributed by atoms with E-state index in [1.807, 2.05) is 11.6 Å². The largest absolute Gasteiger partial charge is 0.480 e. The Labute approximate surface area is 112 Å². The minimum atomic E-state index is -0.850. The van der Waals surface area contributed by atoms with E-state index in [-0.39, 0.29) is 0 Å². The molecule has 0 aromatic carbocycles. The van der Waals surface area contributed by atoms with Crippen molar-refractivity contribution in [3.05, 3.63) is 16.9 Å². The van der Waals surface area contributed by atoms with Gasteiger partial charge in [-0.25, -0.2) is 0 Å². The summed E-state index contributed by atoms with van der Waals surface area (Å²) in [7, 11) is 1.67. The summed E-state index contributed by atoms with van der Waals surface area (Å²) in [5, 5.41) is 16.8. The molecule has 1 rings (SSSR count). The van der Waals surface area contributed by atoms with Crippen molar-refractivity contribution in [3.63, 3.8) is 0 Å². The summed E-state index contributed by atoms with van der Waals surface area (Å²) in [4.78, 5) is 11.1. The van der Waals surface area contributed by atoms with Gasteiger partial charge < -0.3 is 10.4 Å². The summed E-state index contributed by atoms with van der Waals surface area (Å²) in [6.07, 6.45) is 3.92. The highest BCUT2D eigenvalue weighted by atomic mass is 35.5. The van der Waals surface area contributed by atoms with Gasteiger partial charge >= 0.3 is 5.97 Å². The molecule has 0 bridgehead atoms. The number of unbranched alkanes of at least 4 members (excludes halogenated alkanes) is 1. The molecule has 0 aliphatic carbocycles. The molecule has 1 heterocycles. The third-order valence-corrected chi connectivity index (χ3v) is 3.73. The van der Waals surface area contributed by atoms with E-state index in [1.165, 1.54) is 0 Å². The van der Waals surface area contributed by atoms with Gasteiger partial charge in [0.05, 0.1) is 16.9 Å². The van der Waals surface area contributed by atoms with E-state index in [2.05, 4.69) is 10.4 Å². The molecule has 0 radical (unpaired) electrons. The van der Waals surface area contributed by atoms with Crippen LogP contribution in [0.4, 0.5) is 0 Å². The van der Waals surface area contributed by atoms with Gasteiger partial charge in [-0.05, 0) is 40.2 Å². The van der Waals surface area contributed by atoms with Gasteiger partial charge in [-0.1, -0.05) is 11.6 Å². The minimum absolute atomic E-state index is 0.590. The van der Waals surface area contributed by atoms with E-state index < -0.39 is 11.5 Å². The van der Waals surface area contributed by atoms with Crippen LogP contribution < -0.4 is 5.32 Å². The average Bonchev–Trinajstić information content (AvgIpc) is 2.65. The van der Waals surface area contributed by atoms with Crippen LogP contribution in [0.5, 0.6) is 0 Å². The normalized spacial score (nSPS) is 14.4. The van der Waals surface area contributed by atoms with Crippen LogP contribution in [0.3, 0.4) is 0 Å². The number of nitrogens with zero attached hydrogens (tertiary/aromatic N) is 2. The molecule has 1 atom stereocenters. The Hall–Kier alpha value is -1.07. The van der Waals surface area contributed by atoms with Crippen LogP contribution in [0.1, 0.15) is 31.9 Å². The maximum Gasteiger partial charge on any atom is 0.323 e. The molecule has 0 aliphatic rings. The average molecular weight is 274 g/mol. The second kappa shape index (κ2) is 6.20. The fourth-order valence-corrected chi connectivity index (χ4v) is 1.87. The highest BCUT2D eigenvalue weighted by Gasteiger charge is 2.30. The number of rotatable bonds is 7. The molecule has 0 saturated carbocycles. The number of nitrogens with one attached hydrogen (secondary N) is 1. The predicted molar refractivity (Wildman–Crippen MR) is 70.9 cm³/mol. The lowest BCUT2D eigenvalue weighted by atomic mass is 9.95. The summed E-state index contributed by atoms with van der Waals surface area (Å²) in [6, 6.07) is 0. The van der Waals surface area contributed by atoms with E-state index in [1.54, 1.807) is 20.2 Å². The van der Waals surface area contributed by atoms with Crippen molar-refractivity contribution in [2.24, 2.45) is 0 Å². The number of carbonyl (C=O) groups is 1. The topological polar surface area (TPSA) is 67.2 Å². The second-order valence-corrected chi connectivity index (χ2v) is 5.05. The number of hydrogen-bond acceptors (Lipinski definition) is 3. The fourth-order valence-electron chi connectivity index (χ4n) is 1.73. The van der Waals surface area contributed by atoms with Gasteiger partial charge in [0.2, 0.25) is 0 Å². The second-order valence-electron chi connectivity index (χ2n) is 4.65. The SMILES string of the molecule is CNC(C)(CCCCn1ncc(Cl)c1C)C(=O)O. The Bertz CT molecular complexity index is 419. The maximum absolute atomic E-state index is 11.1. The highest BCUT2D eigenvalue weighted by Crippen LogP contribution is 2.16.